The monoisotopic (exact) mass is 190 g/mol. The van der Waals surface area contributed by atoms with Gasteiger partial charge in [0, 0.05) is 13.7 Å². The van der Waals surface area contributed by atoms with E-state index in [0.717, 1.165) is 19.3 Å². The second-order valence-corrected chi connectivity index (χ2v) is 3.41. The minimum absolute atomic E-state index is 0.506. The Balaban J connectivity index is 3.38. The van der Waals surface area contributed by atoms with Crippen molar-refractivity contribution >= 4 is 0 Å². The number of aliphatic hydroxyl groups is 2. The van der Waals surface area contributed by atoms with E-state index in [-0.39, 0.29) is 0 Å². The van der Waals surface area contributed by atoms with E-state index in [1.165, 1.54) is 0 Å². The third kappa shape index (κ3) is 6.99. The summed E-state index contributed by atoms with van der Waals surface area (Å²) >= 11 is 0. The fraction of sp³-hybridized carbons (Fsp3) is 1.00. The van der Waals surface area contributed by atoms with Crippen LogP contribution in [0, 0.1) is 0 Å². The van der Waals surface area contributed by atoms with Crippen LogP contribution in [0.15, 0.2) is 0 Å². The summed E-state index contributed by atoms with van der Waals surface area (Å²) in [7, 11) is 1.59. The highest BCUT2D eigenvalue weighted by Crippen LogP contribution is 2.08. The predicted molar refractivity (Wildman–Crippen MR) is 52.6 cm³/mol. The number of unbranched alkanes of at least 4 members (excludes halogenated alkanes) is 2. The van der Waals surface area contributed by atoms with Gasteiger partial charge in [0.1, 0.15) is 0 Å². The molecule has 0 heterocycles. The number of methoxy groups -OCH3 is 1. The van der Waals surface area contributed by atoms with Gasteiger partial charge in [0.15, 0.2) is 0 Å². The number of ether oxygens (including phenoxy) is 1. The lowest BCUT2D eigenvalue weighted by Gasteiger charge is -2.16. The molecule has 0 saturated carbocycles. The topological polar surface area (TPSA) is 49.7 Å². The molecule has 0 spiro atoms. The summed E-state index contributed by atoms with van der Waals surface area (Å²) in [5, 5.41) is 18.9. The SMILES string of the molecule is CCCCC[C@H](O)[C@@H](O)CCOC. The van der Waals surface area contributed by atoms with Gasteiger partial charge in [-0.1, -0.05) is 26.2 Å². The van der Waals surface area contributed by atoms with Crippen LogP contribution in [-0.2, 0) is 4.74 Å². The highest BCUT2D eigenvalue weighted by Gasteiger charge is 2.14. The third-order valence-electron chi connectivity index (χ3n) is 2.17. The van der Waals surface area contributed by atoms with Gasteiger partial charge in [0.05, 0.1) is 12.2 Å². The molecular formula is C10H22O3. The smallest absolute Gasteiger partial charge is 0.0821 e. The van der Waals surface area contributed by atoms with Gasteiger partial charge >= 0.3 is 0 Å². The fourth-order valence-corrected chi connectivity index (χ4v) is 1.23. The first-order chi connectivity index (χ1) is 6.22. The van der Waals surface area contributed by atoms with Gasteiger partial charge in [-0.3, -0.25) is 0 Å². The van der Waals surface area contributed by atoms with E-state index in [2.05, 4.69) is 6.92 Å². The van der Waals surface area contributed by atoms with Crippen molar-refractivity contribution < 1.29 is 14.9 Å². The van der Waals surface area contributed by atoms with Crippen LogP contribution >= 0.6 is 0 Å². The van der Waals surface area contributed by atoms with Crippen molar-refractivity contribution in [1.82, 2.24) is 0 Å². The van der Waals surface area contributed by atoms with Gasteiger partial charge in [0.2, 0.25) is 0 Å². The van der Waals surface area contributed by atoms with E-state index in [4.69, 9.17) is 4.74 Å². The number of hydrogen-bond acceptors (Lipinski definition) is 3. The number of rotatable bonds is 8. The average molecular weight is 190 g/mol. The molecule has 2 N–H and O–H groups in total. The first-order valence-electron chi connectivity index (χ1n) is 5.07. The Kier molecular flexibility index (Phi) is 8.40. The maximum atomic E-state index is 9.47. The Bertz CT molecular complexity index is 106. The van der Waals surface area contributed by atoms with Gasteiger partial charge in [-0.2, -0.15) is 0 Å². The summed E-state index contributed by atoms with van der Waals surface area (Å²) < 4.78 is 4.82. The summed E-state index contributed by atoms with van der Waals surface area (Å²) in [6.07, 6.45) is 3.25. The van der Waals surface area contributed by atoms with Crippen LogP contribution in [0.25, 0.3) is 0 Å². The highest BCUT2D eigenvalue weighted by atomic mass is 16.5. The van der Waals surface area contributed by atoms with Crippen molar-refractivity contribution in [3.05, 3.63) is 0 Å². The van der Waals surface area contributed by atoms with E-state index in [1.807, 2.05) is 0 Å². The molecule has 0 unspecified atom stereocenters. The fourth-order valence-electron chi connectivity index (χ4n) is 1.23. The summed E-state index contributed by atoms with van der Waals surface area (Å²) in [6, 6.07) is 0. The van der Waals surface area contributed by atoms with E-state index in [0.29, 0.717) is 19.4 Å². The molecule has 0 aliphatic carbocycles. The average Bonchev–Trinajstić information content (AvgIpc) is 2.14. The molecule has 0 rings (SSSR count). The van der Waals surface area contributed by atoms with Crippen LogP contribution in [0.1, 0.15) is 39.0 Å². The molecule has 0 aromatic rings. The summed E-state index contributed by atoms with van der Waals surface area (Å²) in [4.78, 5) is 0. The lowest BCUT2D eigenvalue weighted by atomic mass is 10.0. The lowest BCUT2D eigenvalue weighted by Crippen LogP contribution is -2.26. The zero-order valence-electron chi connectivity index (χ0n) is 8.70. The molecule has 13 heavy (non-hydrogen) atoms. The van der Waals surface area contributed by atoms with Crippen molar-refractivity contribution in [1.29, 1.82) is 0 Å². The van der Waals surface area contributed by atoms with E-state index in [1.54, 1.807) is 7.11 Å². The molecule has 3 nitrogen and oxygen atoms in total. The van der Waals surface area contributed by atoms with Crippen molar-refractivity contribution in [2.45, 2.75) is 51.2 Å². The quantitative estimate of drug-likeness (QED) is 0.568. The largest absolute Gasteiger partial charge is 0.390 e. The van der Waals surface area contributed by atoms with Gasteiger partial charge in [0.25, 0.3) is 0 Å². The Morgan fingerprint density at radius 2 is 1.69 bits per heavy atom. The molecule has 0 radical (unpaired) electrons. The van der Waals surface area contributed by atoms with Gasteiger partial charge in [-0.15, -0.1) is 0 Å². The third-order valence-corrected chi connectivity index (χ3v) is 2.17. The Hall–Kier alpha value is -0.120. The molecule has 0 aromatic heterocycles. The maximum absolute atomic E-state index is 9.47. The normalized spacial score (nSPS) is 15.7. The predicted octanol–water partition coefficient (Wildman–Crippen LogP) is 1.32. The van der Waals surface area contributed by atoms with Crippen molar-refractivity contribution in [3.8, 4) is 0 Å². The zero-order chi connectivity index (χ0) is 10.1. The molecule has 0 aliphatic rings. The first-order valence-corrected chi connectivity index (χ1v) is 5.07. The second-order valence-electron chi connectivity index (χ2n) is 3.41. The van der Waals surface area contributed by atoms with Crippen molar-refractivity contribution in [2.75, 3.05) is 13.7 Å². The van der Waals surface area contributed by atoms with Crippen LogP contribution in [-0.4, -0.2) is 36.1 Å². The zero-order valence-corrected chi connectivity index (χ0v) is 8.70. The van der Waals surface area contributed by atoms with Gasteiger partial charge in [-0.05, 0) is 12.8 Å². The van der Waals surface area contributed by atoms with Gasteiger partial charge in [-0.25, -0.2) is 0 Å². The number of aliphatic hydroxyl groups excluding tert-OH is 2. The van der Waals surface area contributed by atoms with E-state index < -0.39 is 12.2 Å². The lowest BCUT2D eigenvalue weighted by molar-refractivity contribution is -0.00417. The molecular weight excluding hydrogens is 168 g/mol. The molecule has 0 aliphatic heterocycles. The summed E-state index contributed by atoms with van der Waals surface area (Å²) in [6.45, 7) is 2.62. The van der Waals surface area contributed by atoms with Crippen LogP contribution in [0.5, 0.6) is 0 Å². The molecule has 0 fully saturated rings. The summed E-state index contributed by atoms with van der Waals surface area (Å²) in [5.74, 6) is 0. The van der Waals surface area contributed by atoms with Crippen LogP contribution in [0.4, 0.5) is 0 Å². The van der Waals surface area contributed by atoms with E-state index >= 15 is 0 Å². The Morgan fingerprint density at radius 1 is 1.08 bits per heavy atom. The van der Waals surface area contributed by atoms with E-state index in [9.17, 15) is 10.2 Å². The standard InChI is InChI=1S/C10H22O3/c1-3-4-5-6-9(11)10(12)7-8-13-2/h9-12H,3-8H2,1-2H3/t9-,10-/m0/s1. The van der Waals surface area contributed by atoms with Crippen LogP contribution in [0.2, 0.25) is 0 Å². The van der Waals surface area contributed by atoms with Gasteiger partial charge < -0.3 is 14.9 Å². The highest BCUT2D eigenvalue weighted by molar-refractivity contribution is 4.66. The summed E-state index contributed by atoms with van der Waals surface area (Å²) in [5.41, 5.74) is 0. The Labute approximate surface area is 80.7 Å². The second kappa shape index (κ2) is 8.48. The Morgan fingerprint density at radius 3 is 2.23 bits per heavy atom. The maximum Gasteiger partial charge on any atom is 0.0821 e. The molecule has 80 valence electrons. The molecule has 2 atom stereocenters. The molecule has 0 amide bonds. The van der Waals surface area contributed by atoms with Crippen LogP contribution in [0.3, 0.4) is 0 Å². The molecule has 0 bridgehead atoms. The molecule has 3 heteroatoms. The molecule has 0 saturated heterocycles. The van der Waals surface area contributed by atoms with Crippen molar-refractivity contribution in [2.24, 2.45) is 0 Å². The van der Waals surface area contributed by atoms with Crippen LogP contribution < -0.4 is 0 Å². The minimum Gasteiger partial charge on any atom is -0.390 e. The first kappa shape index (κ1) is 12.9. The minimum atomic E-state index is -0.628. The molecule has 0 aromatic carbocycles. The number of hydrogen-bond donors (Lipinski definition) is 2. The van der Waals surface area contributed by atoms with Crippen molar-refractivity contribution in [3.63, 3.8) is 0 Å².